The van der Waals surface area contributed by atoms with Crippen LogP contribution in [0.2, 0.25) is 0 Å². The minimum absolute atomic E-state index is 1.14. The van der Waals surface area contributed by atoms with E-state index < -0.39 is 0 Å². The molecule has 0 radical (unpaired) electrons. The Hall–Kier alpha value is -0.380. The van der Waals surface area contributed by atoms with Gasteiger partial charge in [0.05, 0.1) is 0 Å². The maximum Gasteiger partial charge on any atom is 0.0328 e. The standard InChI is InChI=1S/C11H18N2S/c1-12-5-3-6-13(8-7-12)10-11-4-2-9-14-11/h2,4,9H,3,5-8,10H2,1H3. The fraction of sp³-hybridized carbons (Fsp3) is 0.636. The largest absolute Gasteiger partial charge is 0.305 e. The first kappa shape index (κ1) is 10.1. The molecule has 0 bridgehead atoms. The zero-order chi connectivity index (χ0) is 9.80. The minimum Gasteiger partial charge on any atom is -0.305 e. The summed E-state index contributed by atoms with van der Waals surface area (Å²) in [6, 6.07) is 4.38. The van der Waals surface area contributed by atoms with Crippen LogP contribution in [0.3, 0.4) is 0 Å². The summed E-state index contributed by atoms with van der Waals surface area (Å²) in [7, 11) is 2.22. The van der Waals surface area contributed by atoms with Crippen molar-refractivity contribution in [1.29, 1.82) is 0 Å². The molecule has 1 aliphatic heterocycles. The van der Waals surface area contributed by atoms with Crippen molar-refractivity contribution in [3.8, 4) is 0 Å². The van der Waals surface area contributed by atoms with Crippen LogP contribution in [0.5, 0.6) is 0 Å². The summed E-state index contributed by atoms with van der Waals surface area (Å²) in [4.78, 5) is 6.48. The van der Waals surface area contributed by atoms with Gasteiger partial charge in [-0.15, -0.1) is 11.3 Å². The first-order valence-electron chi connectivity index (χ1n) is 5.28. The van der Waals surface area contributed by atoms with Crippen molar-refractivity contribution >= 4 is 11.3 Å². The molecule has 2 nitrogen and oxygen atoms in total. The number of nitrogens with zero attached hydrogens (tertiary/aromatic N) is 2. The van der Waals surface area contributed by atoms with Crippen LogP contribution in [0.4, 0.5) is 0 Å². The lowest BCUT2D eigenvalue weighted by molar-refractivity contribution is 0.271. The highest BCUT2D eigenvalue weighted by atomic mass is 32.1. The fourth-order valence-corrected chi connectivity index (χ4v) is 2.63. The Labute approximate surface area is 90.1 Å². The van der Waals surface area contributed by atoms with Crippen LogP contribution >= 0.6 is 11.3 Å². The van der Waals surface area contributed by atoms with E-state index in [1.807, 2.05) is 11.3 Å². The Morgan fingerprint density at radius 3 is 3.00 bits per heavy atom. The highest BCUT2D eigenvalue weighted by Gasteiger charge is 2.12. The van der Waals surface area contributed by atoms with E-state index in [1.54, 1.807) is 0 Å². The van der Waals surface area contributed by atoms with Gasteiger partial charge >= 0.3 is 0 Å². The highest BCUT2D eigenvalue weighted by molar-refractivity contribution is 7.09. The van der Waals surface area contributed by atoms with Gasteiger partial charge in [0.15, 0.2) is 0 Å². The van der Waals surface area contributed by atoms with E-state index in [-0.39, 0.29) is 0 Å². The minimum atomic E-state index is 1.14. The average molecular weight is 210 g/mol. The van der Waals surface area contributed by atoms with E-state index in [0.29, 0.717) is 0 Å². The summed E-state index contributed by atoms with van der Waals surface area (Å²) in [5.74, 6) is 0. The van der Waals surface area contributed by atoms with Gasteiger partial charge in [-0.25, -0.2) is 0 Å². The van der Waals surface area contributed by atoms with Gasteiger partial charge in [-0.2, -0.15) is 0 Å². The SMILES string of the molecule is CN1CCCN(Cc2cccs2)CC1. The van der Waals surface area contributed by atoms with Gasteiger partial charge in [0, 0.05) is 24.5 Å². The maximum atomic E-state index is 2.56. The van der Waals surface area contributed by atoms with Crippen molar-refractivity contribution in [3.63, 3.8) is 0 Å². The first-order valence-corrected chi connectivity index (χ1v) is 6.16. The van der Waals surface area contributed by atoms with Crippen molar-refractivity contribution < 1.29 is 0 Å². The number of hydrogen-bond acceptors (Lipinski definition) is 3. The fourth-order valence-electron chi connectivity index (χ4n) is 1.88. The van der Waals surface area contributed by atoms with Crippen molar-refractivity contribution in [2.24, 2.45) is 0 Å². The molecule has 78 valence electrons. The van der Waals surface area contributed by atoms with E-state index in [2.05, 4.69) is 34.4 Å². The molecule has 0 atom stereocenters. The van der Waals surface area contributed by atoms with Crippen LogP contribution in [0.1, 0.15) is 11.3 Å². The lowest BCUT2D eigenvalue weighted by Crippen LogP contribution is -2.28. The summed E-state index contributed by atoms with van der Waals surface area (Å²) < 4.78 is 0. The molecule has 0 spiro atoms. The van der Waals surface area contributed by atoms with Gasteiger partial charge in [-0.1, -0.05) is 6.07 Å². The van der Waals surface area contributed by atoms with E-state index in [9.17, 15) is 0 Å². The topological polar surface area (TPSA) is 6.48 Å². The second kappa shape index (κ2) is 4.91. The molecule has 0 amide bonds. The average Bonchev–Trinajstić information content (AvgIpc) is 2.58. The third kappa shape index (κ3) is 2.80. The molecule has 14 heavy (non-hydrogen) atoms. The number of thiophene rings is 1. The Kier molecular flexibility index (Phi) is 3.56. The van der Waals surface area contributed by atoms with Crippen molar-refractivity contribution in [2.45, 2.75) is 13.0 Å². The van der Waals surface area contributed by atoms with Crippen LogP contribution in [-0.4, -0.2) is 43.0 Å². The Balaban J connectivity index is 1.86. The molecule has 1 fully saturated rings. The summed E-state index contributed by atoms with van der Waals surface area (Å²) in [5, 5.41) is 2.17. The van der Waals surface area contributed by atoms with E-state index in [1.165, 1.54) is 37.5 Å². The highest BCUT2D eigenvalue weighted by Crippen LogP contribution is 2.13. The Bertz CT molecular complexity index is 258. The molecule has 3 heteroatoms. The van der Waals surface area contributed by atoms with Gasteiger partial charge in [-0.05, 0) is 38.0 Å². The van der Waals surface area contributed by atoms with Crippen molar-refractivity contribution in [1.82, 2.24) is 9.80 Å². The Morgan fingerprint density at radius 2 is 2.21 bits per heavy atom. The molecular weight excluding hydrogens is 192 g/mol. The van der Waals surface area contributed by atoms with Gasteiger partial charge in [0.1, 0.15) is 0 Å². The third-order valence-corrected chi connectivity index (χ3v) is 3.63. The normalized spacial score (nSPS) is 20.9. The number of rotatable bonds is 2. The molecule has 0 unspecified atom stereocenters. The van der Waals surface area contributed by atoms with Gasteiger partial charge < -0.3 is 4.90 Å². The molecule has 1 aromatic heterocycles. The summed E-state index contributed by atoms with van der Waals surface area (Å²) in [6.07, 6.45) is 1.31. The quantitative estimate of drug-likeness (QED) is 0.735. The van der Waals surface area contributed by atoms with E-state index in [0.717, 1.165) is 6.54 Å². The van der Waals surface area contributed by atoms with Gasteiger partial charge in [-0.3, -0.25) is 4.90 Å². The zero-order valence-electron chi connectivity index (χ0n) is 8.78. The van der Waals surface area contributed by atoms with Crippen LogP contribution in [-0.2, 0) is 6.54 Å². The zero-order valence-corrected chi connectivity index (χ0v) is 9.59. The van der Waals surface area contributed by atoms with Crippen LogP contribution in [0, 0.1) is 0 Å². The van der Waals surface area contributed by atoms with Gasteiger partial charge in [0.25, 0.3) is 0 Å². The molecule has 1 aliphatic rings. The number of likely N-dealkylation sites (N-methyl/N-ethyl adjacent to an activating group) is 1. The Morgan fingerprint density at radius 1 is 1.29 bits per heavy atom. The monoisotopic (exact) mass is 210 g/mol. The van der Waals surface area contributed by atoms with E-state index >= 15 is 0 Å². The molecule has 1 aromatic rings. The second-order valence-electron chi connectivity index (χ2n) is 4.01. The molecular formula is C11H18N2S. The smallest absolute Gasteiger partial charge is 0.0328 e. The summed E-state index contributed by atoms with van der Waals surface area (Å²) in [5.41, 5.74) is 0. The second-order valence-corrected chi connectivity index (χ2v) is 5.04. The third-order valence-electron chi connectivity index (χ3n) is 2.77. The molecule has 0 aliphatic carbocycles. The van der Waals surface area contributed by atoms with Crippen LogP contribution in [0.25, 0.3) is 0 Å². The molecule has 0 saturated carbocycles. The molecule has 2 heterocycles. The number of hydrogen-bond donors (Lipinski definition) is 0. The lowest BCUT2D eigenvalue weighted by Gasteiger charge is -2.18. The van der Waals surface area contributed by atoms with Crippen LogP contribution < -0.4 is 0 Å². The van der Waals surface area contributed by atoms with Crippen LogP contribution in [0.15, 0.2) is 17.5 Å². The predicted octanol–water partition coefficient (Wildman–Crippen LogP) is 1.89. The lowest BCUT2D eigenvalue weighted by atomic mass is 10.3. The van der Waals surface area contributed by atoms with Crippen molar-refractivity contribution in [3.05, 3.63) is 22.4 Å². The molecule has 2 rings (SSSR count). The molecule has 0 N–H and O–H groups in total. The predicted molar refractivity (Wildman–Crippen MR) is 61.7 cm³/mol. The summed E-state index contributed by atoms with van der Waals surface area (Å²) in [6.45, 7) is 6.08. The molecule has 0 aromatic carbocycles. The van der Waals surface area contributed by atoms with Crippen molar-refractivity contribution in [2.75, 3.05) is 33.2 Å². The molecule has 1 saturated heterocycles. The van der Waals surface area contributed by atoms with E-state index in [4.69, 9.17) is 0 Å². The first-order chi connectivity index (χ1) is 6.84. The van der Waals surface area contributed by atoms with Gasteiger partial charge in [0.2, 0.25) is 0 Å². The maximum absolute atomic E-state index is 2.56. The summed E-state index contributed by atoms with van der Waals surface area (Å²) >= 11 is 1.87.